The van der Waals surface area contributed by atoms with Crippen LogP contribution in [0.1, 0.15) is 19.4 Å². The monoisotopic (exact) mass is 244 g/mol. The number of carboxylic acid groups (broad SMARTS) is 1. The first-order valence-corrected chi connectivity index (χ1v) is 5.81. The summed E-state index contributed by atoms with van der Waals surface area (Å²) in [5, 5.41) is 11.2. The van der Waals surface area contributed by atoms with Crippen molar-refractivity contribution in [2.75, 3.05) is 0 Å². The van der Waals surface area contributed by atoms with Gasteiger partial charge in [0.25, 0.3) is 0 Å². The molecule has 0 saturated carbocycles. The summed E-state index contributed by atoms with van der Waals surface area (Å²) in [6.45, 7) is 5.11. The lowest BCUT2D eigenvalue weighted by Crippen LogP contribution is -2.37. The van der Waals surface area contributed by atoms with Gasteiger partial charge in [-0.05, 0) is 43.7 Å². The third-order valence-corrected chi connectivity index (χ3v) is 2.86. The number of rotatable bonds is 3. The molecule has 0 aromatic heterocycles. The summed E-state index contributed by atoms with van der Waals surface area (Å²) < 4.78 is 5.50. The number of hydrogen-bond acceptors (Lipinski definition) is 2. The zero-order valence-corrected chi connectivity index (χ0v) is 10.7. The Labute approximate surface area is 106 Å². The summed E-state index contributed by atoms with van der Waals surface area (Å²) in [5.41, 5.74) is -0.0275. The molecule has 0 aliphatic carbocycles. The van der Waals surface area contributed by atoms with E-state index in [-0.39, 0.29) is 0 Å². The van der Waals surface area contributed by atoms with Crippen LogP contribution in [-0.4, -0.2) is 16.7 Å². The largest absolute Gasteiger partial charge is 0.478 e. The van der Waals surface area contributed by atoms with E-state index in [1.807, 2.05) is 31.2 Å². The first kappa shape index (κ1) is 12.4. The van der Waals surface area contributed by atoms with E-state index in [4.69, 9.17) is 9.84 Å². The van der Waals surface area contributed by atoms with E-state index in [0.29, 0.717) is 5.75 Å². The Morgan fingerprint density at radius 2 is 1.72 bits per heavy atom. The van der Waals surface area contributed by atoms with Gasteiger partial charge in [-0.2, -0.15) is 0 Å². The van der Waals surface area contributed by atoms with E-state index in [1.165, 1.54) is 19.4 Å². The average Bonchev–Trinajstić information content (AvgIpc) is 2.28. The van der Waals surface area contributed by atoms with E-state index in [0.717, 1.165) is 10.8 Å². The van der Waals surface area contributed by atoms with Gasteiger partial charge in [-0.3, -0.25) is 0 Å². The van der Waals surface area contributed by atoms with E-state index in [9.17, 15) is 4.79 Å². The molecule has 1 N–H and O–H groups in total. The first-order valence-electron chi connectivity index (χ1n) is 5.81. The fraction of sp³-hybridized carbons (Fsp3) is 0.267. The van der Waals surface area contributed by atoms with Gasteiger partial charge < -0.3 is 9.84 Å². The predicted octanol–water partition coefficient (Wildman–Crippen LogP) is 3.39. The van der Waals surface area contributed by atoms with Crippen LogP contribution in [0, 0.1) is 6.92 Å². The van der Waals surface area contributed by atoms with Crippen LogP contribution >= 0.6 is 0 Å². The lowest BCUT2D eigenvalue weighted by atomic mass is 10.1. The van der Waals surface area contributed by atoms with Crippen LogP contribution in [0.25, 0.3) is 10.8 Å². The fourth-order valence-corrected chi connectivity index (χ4v) is 1.75. The van der Waals surface area contributed by atoms with Crippen molar-refractivity contribution in [1.29, 1.82) is 0 Å². The number of aryl methyl sites for hydroxylation is 1. The number of ether oxygens (including phenoxy) is 1. The van der Waals surface area contributed by atoms with Crippen molar-refractivity contribution in [3.8, 4) is 5.75 Å². The smallest absolute Gasteiger partial charge is 0.347 e. The minimum absolute atomic E-state index is 0.568. The third kappa shape index (κ3) is 2.45. The van der Waals surface area contributed by atoms with Gasteiger partial charge in [-0.15, -0.1) is 0 Å². The molecule has 2 rings (SSSR count). The van der Waals surface area contributed by atoms with E-state index >= 15 is 0 Å². The Hall–Kier alpha value is -2.03. The van der Waals surface area contributed by atoms with Crippen molar-refractivity contribution in [3.63, 3.8) is 0 Å². The molecule has 0 amide bonds. The van der Waals surface area contributed by atoms with Gasteiger partial charge in [-0.25, -0.2) is 4.79 Å². The van der Waals surface area contributed by atoms with Crippen LogP contribution in [0.5, 0.6) is 5.75 Å². The minimum atomic E-state index is -1.22. The van der Waals surface area contributed by atoms with Crippen molar-refractivity contribution in [1.82, 2.24) is 0 Å². The summed E-state index contributed by atoms with van der Waals surface area (Å²) in [5.74, 6) is -0.412. The zero-order valence-electron chi connectivity index (χ0n) is 10.7. The van der Waals surface area contributed by atoms with Gasteiger partial charge in [0.2, 0.25) is 0 Å². The van der Waals surface area contributed by atoms with Gasteiger partial charge >= 0.3 is 5.97 Å². The molecule has 0 atom stereocenters. The standard InChI is InChI=1S/C15H16O3/c1-10-4-5-12-9-13(7-6-11(12)8-10)18-15(2,3)14(16)17/h4-9H,1-3H3,(H,16,17). The SMILES string of the molecule is Cc1ccc2cc(OC(C)(C)C(=O)O)ccc2c1. The number of hydrogen-bond donors (Lipinski definition) is 1. The van der Waals surface area contributed by atoms with E-state index < -0.39 is 11.6 Å². The first-order chi connectivity index (χ1) is 8.38. The Bertz CT molecular complexity index is 600. The number of carbonyl (C=O) groups is 1. The van der Waals surface area contributed by atoms with Crippen LogP contribution in [0.3, 0.4) is 0 Å². The van der Waals surface area contributed by atoms with Crippen LogP contribution in [0.15, 0.2) is 36.4 Å². The molecule has 3 nitrogen and oxygen atoms in total. The molecule has 0 saturated heterocycles. The molecule has 0 aliphatic rings. The van der Waals surface area contributed by atoms with Gasteiger partial charge in [0.1, 0.15) is 5.75 Å². The van der Waals surface area contributed by atoms with Crippen LogP contribution in [0.4, 0.5) is 0 Å². The van der Waals surface area contributed by atoms with Crippen molar-refractivity contribution >= 4 is 16.7 Å². The second-order valence-electron chi connectivity index (χ2n) is 4.93. The number of fused-ring (bicyclic) bond motifs is 1. The van der Waals surface area contributed by atoms with Crippen LogP contribution in [-0.2, 0) is 4.79 Å². The van der Waals surface area contributed by atoms with Crippen molar-refractivity contribution in [2.45, 2.75) is 26.4 Å². The second kappa shape index (κ2) is 4.33. The van der Waals surface area contributed by atoms with Crippen molar-refractivity contribution < 1.29 is 14.6 Å². The Morgan fingerprint density at radius 3 is 2.39 bits per heavy atom. The highest BCUT2D eigenvalue weighted by molar-refractivity contribution is 5.84. The summed E-state index contributed by atoms with van der Waals surface area (Å²) in [6, 6.07) is 11.7. The highest BCUT2D eigenvalue weighted by atomic mass is 16.5. The second-order valence-corrected chi connectivity index (χ2v) is 4.93. The summed E-state index contributed by atoms with van der Waals surface area (Å²) in [4.78, 5) is 11.0. The van der Waals surface area contributed by atoms with E-state index in [2.05, 4.69) is 6.07 Å². The molecular weight excluding hydrogens is 228 g/mol. The Morgan fingerprint density at radius 1 is 1.11 bits per heavy atom. The molecule has 0 heterocycles. The lowest BCUT2D eigenvalue weighted by molar-refractivity contribution is -0.152. The number of aliphatic carboxylic acids is 1. The molecule has 2 aromatic rings. The maximum atomic E-state index is 11.0. The Kier molecular flexibility index (Phi) is 2.99. The minimum Gasteiger partial charge on any atom is -0.478 e. The van der Waals surface area contributed by atoms with Gasteiger partial charge in [0.15, 0.2) is 5.60 Å². The van der Waals surface area contributed by atoms with Crippen LogP contribution < -0.4 is 4.74 Å². The maximum absolute atomic E-state index is 11.0. The zero-order chi connectivity index (χ0) is 13.3. The summed E-state index contributed by atoms with van der Waals surface area (Å²) in [7, 11) is 0. The van der Waals surface area contributed by atoms with Crippen molar-refractivity contribution in [3.05, 3.63) is 42.0 Å². The number of benzene rings is 2. The molecule has 0 unspecified atom stereocenters. The topological polar surface area (TPSA) is 46.5 Å². The highest BCUT2D eigenvalue weighted by Gasteiger charge is 2.29. The average molecular weight is 244 g/mol. The normalized spacial score (nSPS) is 11.5. The molecule has 0 bridgehead atoms. The van der Waals surface area contributed by atoms with Gasteiger partial charge in [0.05, 0.1) is 0 Å². The Balaban J connectivity index is 2.36. The fourth-order valence-electron chi connectivity index (χ4n) is 1.75. The quantitative estimate of drug-likeness (QED) is 0.900. The van der Waals surface area contributed by atoms with Gasteiger partial charge in [0, 0.05) is 0 Å². The molecule has 18 heavy (non-hydrogen) atoms. The molecule has 94 valence electrons. The molecule has 0 fully saturated rings. The molecule has 0 spiro atoms. The number of carboxylic acids is 1. The predicted molar refractivity (Wildman–Crippen MR) is 71.0 cm³/mol. The molecular formula is C15H16O3. The molecule has 3 heteroatoms. The van der Waals surface area contributed by atoms with Crippen LogP contribution in [0.2, 0.25) is 0 Å². The van der Waals surface area contributed by atoms with Crippen molar-refractivity contribution in [2.24, 2.45) is 0 Å². The molecule has 0 radical (unpaired) electrons. The molecule has 0 aliphatic heterocycles. The maximum Gasteiger partial charge on any atom is 0.347 e. The summed E-state index contributed by atoms with van der Waals surface area (Å²) >= 11 is 0. The third-order valence-electron chi connectivity index (χ3n) is 2.86. The highest BCUT2D eigenvalue weighted by Crippen LogP contribution is 2.25. The van der Waals surface area contributed by atoms with E-state index in [1.54, 1.807) is 6.07 Å². The summed E-state index contributed by atoms with van der Waals surface area (Å²) in [6.07, 6.45) is 0. The molecule has 2 aromatic carbocycles. The van der Waals surface area contributed by atoms with Gasteiger partial charge in [-0.1, -0.05) is 29.8 Å². The lowest BCUT2D eigenvalue weighted by Gasteiger charge is -2.21.